The highest BCUT2D eigenvalue weighted by molar-refractivity contribution is 7.15. The summed E-state index contributed by atoms with van der Waals surface area (Å²) in [6.45, 7) is 2.78. The van der Waals surface area contributed by atoms with Gasteiger partial charge in [-0.15, -0.1) is 11.3 Å². The van der Waals surface area contributed by atoms with Gasteiger partial charge in [-0.1, -0.05) is 6.92 Å². The van der Waals surface area contributed by atoms with Crippen molar-refractivity contribution in [3.8, 4) is 10.6 Å². The molecule has 0 aliphatic heterocycles. The molecule has 1 amide bonds. The van der Waals surface area contributed by atoms with Crippen LogP contribution in [-0.4, -0.2) is 40.8 Å². The predicted molar refractivity (Wildman–Crippen MR) is 99.5 cm³/mol. The number of nitrogens with zero attached hydrogens (tertiary/aromatic N) is 3. The van der Waals surface area contributed by atoms with E-state index in [4.69, 9.17) is 4.74 Å². The van der Waals surface area contributed by atoms with Crippen LogP contribution in [0.3, 0.4) is 0 Å². The third kappa shape index (κ3) is 4.33. The molecule has 1 N–H and O–H groups in total. The molecule has 3 aromatic heterocycles. The third-order valence-corrected chi connectivity index (χ3v) is 5.28. The van der Waals surface area contributed by atoms with Crippen LogP contribution < -0.4 is 5.32 Å². The number of amides is 1. The molecule has 0 fully saturated rings. The summed E-state index contributed by atoms with van der Waals surface area (Å²) in [5, 5.41) is 6.44. The fraction of sp³-hybridized carbons (Fsp3) is 0.389. The van der Waals surface area contributed by atoms with Crippen LogP contribution in [0.15, 0.2) is 24.3 Å². The van der Waals surface area contributed by atoms with E-state index in [1.54, 1.807) is 13.2 Å². The zero-order chi connectivity index (χ0) is 20.3. The van der Waals surface area contributed by atoms with Crippen molar-refractivity contribution in [2.75, 3.05) is 20.3 Å². The number of alkyl halides is 3. The second-order valence-electron chi connectivity index (χ2n) is 6.05. The first-order chi connectivity index (χ1) is 13.3. The Bertz CT molecular complexity index is 981. The Morgan fingerprint density at radius 2 is 2.11 bits per heavy atom. The van der Waals surface area contributed by atoms with Gasteiger partial charge in [-0.25, -0.2) is 9.50 Å². The molecule has 0 saturated carbocycles. The first-order valence-electron chi connectivity index (χ1n) is 8.67. The standard InChI is InChI=1S/C18H19F3N4O2S/c1-3-11-5-6-14(28-11)12-9-15(18(19,20)21)25-16(23-12)10-13(24-25)17(26)22-7-4-8-27-2/h5-6,9-10H,3-4,7-8H2,1-2H3,(H,22,26). The molecular weight excluding hydrogens is 393 g/mol. The van der Waals surface area contributed by atoms with Crippen LogP contribution >= 0.6 is 11.3 Å². The Labute approximate surface area is 163 Å². The number of aromatic nitrogens is 3. The van der Waals surface area contributed by atoms with E-state index in [2.05, 4.69) is 15.4 Å². The van der Waals surface area contributed by atoms with Crippen molar-refractivity contribution in [2.24, 2.45) is 0 Å². The maximum absolute atomic E-state index is 13.6. The number of ether oxygens (including phenoxy) is 1. The lowest BCUT2D eigenvalue weighted by atomic mass is 10.2. The number of carbonyl (C=O) groups is 1. The van der Waals surface area contributed by atoms with Crippen molar-refractivity contribution >= 4 is 22.9 Å². The Morgan fingerprint density at radius 3 is 2.75 bits per heavy atom. The molecule has 6 nitrogen and oxygen atoms in total. The zero-order valence-electron chi connectivity index (χ0n) is 15.3. The quantitative estimate of drug-likeness (QED) is 0.600. The SMILES string of the molecule is CCc1ccc(-c2cc(C(F)(F)F)n3nc(C(=O)NCCCOC)cc3n2)s1. The summed E-state index contributed by atoms with van der Waals surface area (Å²) >= 11 is 1.39. The number of fused-ring (bicyclic) bond motifs is 1. The van der Waals surface area contributed by atoms with Crippen LogP contribution in [0, 0.1) is 0 Å². The van der Waals surface area contributed by atoms with E-state index in [0.717, 1.165) is 17.4 Å². The molecule has 150 valence electrons. The minimum absolute atomic E-state index is 0.0293. The van der Waals surface area contributed by atoms with Crippen molar-refractivity contribution < 1.29 is 22.7 Å². The van der Waals surface area contributed by atoms with Crippen LogP contribution in [0.1, 0.15) is 34.4 Å². The normalized spacial score (nSPS) is 11.9. The lowest BCUT2D eigenvalue weighted by Gasteiger charge is -2.10. The van der Waals surface area contributed by atoms with E-state index in [-0.39, 0.29) is 17.0 Å². The Balaban J connectivity index is 1.99. The highest BCUT2D eigenvalue weighted by Gasteiger charge is 2.35. The van der Waals surface area contributed by atoms with Crippen molar-refractivity contribution in [3.05, 3.63) is 40.5 Å². The van der Waals surface area contributed by atoms with Gasteiger partial charge < -0.3 is 10.1 Å². The van der Waals surface area contributed by atoms with Crippen LogP contribution in [0.5, 0.6) is 0 Å². The van der Waals surface area contributed by atoms with Crippen molar-refractivity contribution in [1.29, 1.82) is 0 Å². The van der Waals surface area contributed by atoms with Crippen molar-refractivity contribution in [1.82, 2.24) is 19.9 Å². The van der Waals surface area contributed by atoms with Gasteiger partial charge in [-0.2, -0.15) is 18.3 Å². The molecular formula is C18H19F3N4O2S. The van der Waals surface area contributed by atoms with E-state index in [9.17, 15) is 18.0 Å². The van der Waals surface area contributed by atoms with Gasteiger partial charge in [-0.3, -0.25) is 4.79 Å². The summed E-state index contributed by atoms with van der Waals surface area (Å²) in [4.78, 5) is 18.2. The van der Waals surface area contributed by atoms with Gasteiger partial charge in [0, 0.05) is 31.2 Å². The number of aryl methyl sites for hydroxylation is 1. The van der Waals surface area contributed by atoms with Crippen LogP contribution in [0.25, 0.3) is 16.2 Å². The summed E-state index contributed by atoms with van der Waals surface area (Å²) < 4.78 is 46.3. The fourth-order valence-electron chi connectivity index (χ4n) is 2.63. The second-order valence-corrected chi connectivity index (χ2v) is 7.21. The molecule has 0 atom stereocenters. The number of nitrogens with one attached hydrogen (secondary N) is 1. The van der Waals surface area contributed by atoms with E-state index in [1.807, 2.05) is 13.0 Å². The van der Waals surface area contributed by atoms with Gasteiger partial charge in [0.2, 0.25) is 0 Å². The number of rotatable bonds is 7. The number of methoxy groups -OCH3 is 1. The molecule has 28 heavy (non-hydrogen) atoms. The maximum Gasteiger partial charge on any atom is 0.433 e. The molecule has 0 aliphatic carbocycles. The summed E-state index contributed by atoms with van der Waals surface area (Å²) in [7, 11) is 1.54. The lowest BCUT2D eigenvalue weighted by Crippen LogP contribution is -2.25. The molecule has 0 spiro atoms. The first-order valence-corrected chi connectivity index (χ1v) is 9.49. The molecule has 10 heteroatoms. The van der Waals surface area contributed by atoms with Crippen molar-refractivity contribution in [2.45, 2.75) is 25.9 Å². The smallest absolute Gasteiger partial charge is 0.385 e. The Morgan fingerprint density at radius 1 is 1.32 bits per heavy atom. The van der Waals surface area contributed by atoms with Gasteiger partial charge in [0.15, 0.2) is 17.0 Å². The van der Waals surface area contributed by atoms with E-state index in [0.29, 0.717) is 29.0 Å². The monoisotopic (exact) mass is 412 g/mol. The Kier molecular flexibility index (Phi) is 5.99. The van der Waals surface area contributed by atoms with Gasteiger partial charge in [-0.05, 0) is 31.0 Å². The number of hydrogen-bond donors (Lipinski definition) is 1. The van der Waals surface area contributed by atoms with Gasteiger partial charge >= 0.3 is 6.18 Å². The highest BCUT2D eigenvalue weighted by atomic mass is 32.1. The lowest BCUT2D eigenvalue weighted by molar-refractivity contribution is -0.142. The molecule has 0 radical (unpaired) electrons. The molecule has 0 aliphatic rings. The molecule has 3 aromatic rings. The average molecular weight is 412 g/mol. The third-order valence-electron chi connectivity index (χ3n) is 4.02. The zero-order valence-corrected chi connectivity index (χ0v) is 16.2. The second kappa shape index (κ2) is 8.27. The predicted octanol–water partition coefficient (Wildman–Crippen LogP) is 3.81. The molecule has 3 rings (SSSR count). The average Bonchev–Trinajstić information content (AvgIpc) is 3.29. The van der Waals surface area contributed by atoms with Crippen LogP contribution in [0.2, 0.25) is 0 Å². The summed E-state index contributed by atoms with van der Waals surface area (Å²) in [6, 6.07) is 5.85. The van der Waals surface area contributed by atoms with E-state index >= 15 is 0 Å². The van der Waals surface area contributed by atoms with E-state index in [1.165, 1.54) is 17.4 Å². The summed E-state index contributed by atoms with van der Waals surface area (Å²) in [5.41, 5.74) is -0.917. The van der Waals surface area contributed by atoms with E-state index < -0.39 is 17.8 Å². The summed E-state index contributed by atoms with van der Waals surface area (Å²) in [5.74, 6) is -0.555. The largest absolute Gasteiger partial charge is 0.433 e. The van der Waals surface area contributed by atoms with Gasteiger partial charge in [0.05, 0.1) is 10.6 Å². The molecule has 0 bridgehead atoms. The molecule has 0 saturated heterocycles. The van der Waals surface area contributed by atoms with Gasteiger partial charge in [0.25, 0.3) is 5.91 Å². The molecule has 0 unspecified atom stereocenters. The summed E-state index contributed by atoms with van der Waals surface area (Å²) in [6.07, 6.45) is -3.26. The van der Waals surface area contributed by atoms with Gasteiger partial charge in [0.1, 0.15) is 0 Å². The number of hydrogen-bond acceptors (Lipinski definition) is 5. The Hall–Kier alpha value is -2.46. The number of thiophene rings is 1. The van der Waals surface area contributed by atoms with Crippen LogP contribution in [0.4, 0.5) is 13.2 Å². The first kappa shape index (κ1) is 20.3. The number of carbonyl (C=O) groups excluding carboxylic acids is 1. The van der Waals surface area contributed by atoms with Crippen LogP contribution in [-0.2, 0) is 17.3 Å². The number of halogens is 3. The maximum atomic E-state index is 13.6. The minimum atomic E-state index is -4.64. The minimum Gasteiger partial charge on any atom is -0.385 e. The topological polar surface area (TPSA) is 68.5 Å². The van der Waals surface area contributed by atoms with Crippen molar-refractivity contribution in [3.63, 3.8) is 0 Å². The molecule has 0 aromatic carbocycles. The molecule has 3 heterocycles. The fourth-order valence-corrected chi connectivity index (χ4v) is 3.54. The highest BCUT2D eigenvalue weighted by Crippen LogP contribution is 2.34.